The Kier molecular flexibility index (Phi) is 4.98. The molecule has 20 heavy (non-hydrogen) atoms. The van der Waals surface area contributed by atoms with Crippen LogP contribution in [0.1, 0.15) is 17.2 Å². The third kappa shape index (κ3) is 3.50. The molecule has 105 valence electrons. The maximum absolute atomic E-state index is 11.0. The van der Waals surface area contributed by atoms with Crippen molar-refractivity contribution in [3.05, 3.63) is 59.7 Å². The molecule has 2 aromatic rings. The van der Waals surface area contributed by atoms with Crippen molar-refractivity contribution in [3.8, 4) is 11.5 Å². The minimum Gasteiger partial charge on any atom is -0.497 e. The molecule has 1 atom stereocenters. The van der Waals surface area contributed by atoms with E-state index in [2.05, 4.69) is 4.89 Å². The summed E-state index contributed by atoms with van der Waals surface area (Å²) in [6.07, 6.45) is -0.0748. The first kappa shape index (κ1) is 14.4. The summed E-state index contributed by atoms with van der Waals surface area (Å²) >= 11 is 0. The average Bonchev–Trinajstić information content (AvgIpc) is 2.53. The summed E-state index contributed by atoms with van der Waals surface area (Å²) in [7, 11) is 3.19. The second-order valence-electron chi connectivity index (χ2n) is 4.42. The predicted octanol–water partition coefficient (Wildman–Crippen LogP) is 3.35. The van der Waals surface area contributed by atoms with E-state index >= 15 is 0 Å². The van der Waals surface area contributed by atoms with Crippen LogP contribution in [0.15, 0.2) is 48.5 Å². The fourth-order valence-electron chi connectivity index (χ4n) is 2.07. The Hall–Kier alpha value is -2.04. The molecule has 0 aliphatic heterocycles. The Morgan fingerprint density at radius 3 is 2.05 bits per heavy atom. The third-order valence-corrected chi connectivity index (χ3v) is 3.12. The van der Waals surface area contributed by atoms with Gasteiger partial charge in [-0.15, -0.1) is 0 Å². The summed E-state index contributed by atoms with van der Waals surface area (Å²) in [5.41, 5.74) is 1.77. The van der Waals surface area contributed by atoms with Crippen LogP contribution in [0.4, 0.5) is 0 Å². The van der Waals surface area contributed by atoms with E-state index in [1.54, 1.807) is 20.3 Å². The zero-order valence-corrected chi connectivity index (χ0v) is 11.5. The van der Waals surface area contributed by atoms with Crippen molar-refractivity contribution in [1.29, 1.82) is 0 Å². The Morgan fingerprint density at radius 2 is 1.55 bits per heavy atom. The number of methoxy groups -OCH3 is 2. The largest absolute Gasteiger partial charge is 0.497 e. The quantitative estimate of drug-likeness (QED) is 0.599. The first-order valence-electron chi connectivity index (χ1n) is 6.32. The van der Waals surface area contributed by atoms with Crippen molar-refractivity contribution >= 4 is 0 Å². The highest BCUT2D eigenvalue weighted by molar-refractivity contribution is 5.39. The van der Waals surface area contributed by atoms with E-state index in [9.17, 15) is 5.26 Å². The van der Waals surface area contributed by atoms with Crippen LogP contribution in [-0.2, 0) is 16.6 Å². The first-order chi connectivity index (χ1) is 9.76. The zero-order chi connectivity index (χ0) is 14.4. The Bertz CT molecular complexity index is 517. The van der Waals surface area contributed by atoms with Crippen molar-refractivity contribution < 1.29 is 19.6 Å². The predicted molar refractivity (Wildman–Crippen MR) is 74.2 cm³/mol. The third-order valence-electron chi connectivity index (χ3n) is 3.12. The van der Waals surface area contributed by atoms with Crippen LogP contribution in [0.5, 0.6) is 11.5 Å². The van der Waals surface area contributed by atoms with Gasteiger partial charge in [0.1, 0.15) is 17.6 Å². The molecule has 0 saturated heterocycles. The number of hydrogen-bond donors (Lipinski definition) is 0. The molecule has 0 amide bonds. The normalized spacial score (nSPS) is 11.9. The van der Waals surface area contributed by atoms with Crippen LogP contribution in [0.3, 0.4) is 0 Å². The van der Waals surface area contributed by atoms with E-state index in [-0.39, 0.29) is 0 Å². The molecule has 0 spiro atoms. The molecule has 0 aliphatic carbocycles. The van der Waals surface area contributed by atoms with Crippen LogP contribution in [0.25, 0.3) is 0 Å². The number of rotatable bonds is 6. The second-order valence-corrected chi connectivity index (χ2v) is 4.42. The highest BCUT2D eigenvalue weighted by Gasteiger charge is 2.14. The van der Waals surface area contributed by atoms with Crippen LogP contribution >= 0.6 is 0 Å². The van der Waals surface area contributed by atoms with Crippen molar-refractivity contribution in [3.63, 3.8) is 0 Å². The number of ether oxygens (including phenoxy) is 2. The highest BCUT2D eigenvalue weighted by Crippen LogP contribution is 2.27. The monoisotopic (exact) mass is 273 g/mol. The summed E-state index contributed by atoms with van der Waals surface area (Å²) in [6, 6.07) is 15.0. The van der Waals surface area contributed by atoms with Gasteiger partial charge in [-0.3, -0.25) is 0 Å². The lowest BCUT2D eigenvalue weighted by molar-refractivity contribution is -0.338. The lowest BCUT2D eigenvalue weighted by atomic mass is 10.0. The summed E-state index contributed by atoms with van der Waals surface area (Å²) in [5, 5.41) is 11.0. The van der Waals surface area contributed by atoms with Crippen LogP contribution in [0.2, 0.25) is 0 Å². The van der Waals surface area contributed by atoms with Gasteiger partial charge in [0, 0.05) is 12.5 Å². The van der Waals surface area contributed by atoms with Gasteiger partial charge in [-0.1, -0.05) is 30.3 Å². The molecule has 0 aliphatic rings. The minimum absolute atomic E-state index is 0.459. The molecule has 1 unspecified atom stereocenters. The fraction of sp³-hybridized carbons (Fsp3) is 0.250. The maximum atomic E-state index is 11.0. The molecule has 0 heterocycles. The van der Waals surface area contributed by atoms with Crippen LogP contribution < -0.4 is 9.47 Å². The van der Waals surface area contributed by atoms with Gasteiger partial charge in [-0.2, -0.15) is 4.89 Å². The summed E-state index contributed by atoms with van der Waals surface area (Å²) in [6.45, 7) is 0. The number of benzene rings is 2. The van der Waals surface area contributed by atoms with Gasteiger partial charge >= 0.3 is 0 Å². The SMILES string of the molecule is COc1cc(CC(O[O])c2ccccc2)cc(OC)c1. The van der Waals surface area contributed by atoms with E-state index < -0.39 is 6.10 Å². The Labute approximate surface area is 118 Å². The molecule has 2 rings (SSSR count). The van der Waals surface area contributed by atoms with Gasteiger partial charge in [-0.25, -0.2) is 0 Å². The molecule has 0 fully saturated rings. The molecular formula is C16H17O4. The van der Waals surface area contributed by atoms with Gasteiger partial charge in [0.25, 0.3) is 0 Å². The summed E-state index contributed by atoms with van der Waals surface area (Å²) in [5.74, 6) is 1.38. The maximum Gasteiger partial charge on any atom is 0.125 e. The molecule has 0 N–H and O–H groups in total. The van der Waals surface area contributed by atoms with Crippen molar-refractivity contribution in [2.45, 2.75) is 12.5 Å². The van der Waals surface area contributed by atoms with Crippen LogP contribution in [-0.4, -0.2) is 14.2 Å². The summed E-state index contributed by atoms with van der Waals surface area (Å²) in [4.78, 5) is 4.36. The van der Waals surface area contributed by atoms with Crippen molar-refractivity contribution in [2.75, 3.05) is 14.2 Å². The second kappa shape index (κ2) is 6.93. The molecule has 2 aromatic carbocycles. The molecule has 4 nitrogen and oxygen atoms in total. The first-order valence-corrected chi connectivity index (χ1v) is 6.32. The van der Waals surface area contributed by atoms with Gasteiger partial charge in [0.05, 0.1) is 14.2 Å². The summed E-state index contributed by atoms with van der Waals surface area (Å²) < 4.78 is 10.4. The standard InChI is InChI=1S/C16H17O4/c1-18-14-8-12(9-15(11-14)19-2)10-16(20-17)13-6-4-3-5-7-13/h3-9,11,16H,10H2,1-2H3. The lowest BCUT2D eigenvalue weighted by Crippen LogP contribution is -2.05. The highest BCUT2D eigenvalue weighted by atomic mass is 17.1. The number of hydrogen-bond acceptors (Lipinski definition) is 3. The molecule has 0 saturated carbocycles. The van der Waals surface area contributed by atoms with Crippen molar-refractivity contribution in [2.24, 2.45) is 0 Å². The molecule has 1 radical (unpaired) electrons. The van der Waals surface area contributed by atoms with Crippen molar-refractivity contribution in [1.82, 2.24) is 0 Å². The average molecular weight is 273 g/mol. The molecule has 0 bridgehead atoms. The van der Waals surface area contributed by atoms with Gasteiger partial charge in [0.15, 0.2) is 0 Å². The smallest absolute Gasteiger partial charge is 0.125 e. The van der Waals surface area contributed by atoms with E-state index in [1.807, 2.05) is 42.5 Å². The van der Waals surface area contributed by atoms with E-state index in [1.165, 1.54) is 0 Å². The fourth-order valence-corrected chi connectivity index (χ4v) is 2.07. The Balaban J connectivity index is 2.23. The Morgan fingerprint density at radius 1 is 0.950 bits per heavy atom. The molecule has 4 heteroatoms. The van der Waals surface area contributed by atoms with E-state index in [0.29, 0.717) is 17.9 Å². The topological polar surface area (TPSA) is 47.6 Å². The zero-order valence-electron chi connectivity index (χ0n) is 11.5. The van der Waals surface area contributed by atoms with E-state index in [4.69, 9.17) is 9.47 Å². The lowest BCUT2D eigenvalue weighted by Gasteiger charge is -2.14. The van der Waals surface area contributed by atoms with E-state index in [0.717, 1.165) is 11.1 Å². The minimum atomic E-state index is -0.534. The molecular weight excluding hydrogens is 256 g/mol. The van der Waals surface area contributed by atoms with Gasteiger partial charge in [-0.05, 0) is 28.5 Å². The van der Waals surface area contributed by atoms with Crippen LogP contribution in [0, 0.1) is 0 Å². The van der Waals surface area contributed by atoms with Gasteiger partial charge < -0.3 is 9.47 Å². The van der Waals surface area contributed by atoms with Gasteiger partial charge in [0.2, 0.25) is 0 Å². The molecule has 0 aromatic heterocycles.